The second-order valence-electron chi connectivity index (χ2n) is 7.01. The summed E-state index contributed by atoms with van der Waals surface area (Å²) in [7, 11) is 1.82. The number of nitrogens with one attached hydrogen (secondary N) is 2. The van der Waals surface area contributed by atoms with Crippen LogP contribution in [0.2, 0.25) is 0 Å². The highest BCUT2D eigenvalue weighted by molar-refractivity contribution is 14.0. The number of nitrogens with zero attached hydrogens (tertiary/aromatic N) is 2. The van der Waals surface area contributed by atoms with Crippen LogP contribution in [0.4, 0.5) is 0 Å². The highest BCUT2D eigenvalue weighted by Crippen LogP contribution is 2.19. The van der Waals surface area contributed by atoms with Gasteiger partial charge < -0.3 is 10.6 Å². The Hall–Kier alpha value is -0.820. The molecule has 2 atom stereocenters. The Morgan fingerprint density at radius 2 is 1.92 bits per heavy atom. The Balaban J connectivity index is 0.00000312. The van der Waals surface area contributed by atoms with Crippen LogP contribution in [0.1, 0.15) is 57.6 Å². The van der Waals surface area contributed by atoms with Gasteiger partial charge >= 0.3 is 0 Å². The van der Waals surface area contributed by atoms with Gasteiger partial charge in [-0.25, -0.2) is 0 Å². The molecule has 1 fully saturated rings. The zero-order chi connectivity index (χ0) is 17.4. The molecule has 2 rings (SSSR count). The molecule has 0 radical (unpaired) electrons. The summed E-state index contributed by atoms with van der Waals surface area (Å²) in [6, 6.07) is 10.1. The Kier molecular flexibility index (Phi) is 10.4. The zero-order valence-electron chi connectivity index (χ0n) is 16.2. The summed E-state index contributed by atoms with van der Waals surface area (Å²) in [6.45, 7) is 9.81. The van der Waals surface area contributed by atoms with E-state index in [0.29, 0.717) is 6.04 Å². The fourth-order valence-electron chi connectivity index (χ4n) is 3.11. The van der Waals surface area contributed by atoms with Crippen molar-refractivity contribution >= 4 is 29.9 Å². The SMILES string of the molecule is CCC(C)NC(=NC)NCc1ccc(CN2CCCCC2C)cc1.I. The van der Waals surface area contributed by atoms with E-state index in [1.165, 1.54) is 36.9 Å². The molecule has 0 aliphatic carbocycles. The van der Waals surface area contributed by atoms with Gasteiger partial charge in [0.05, 0.1) is 0 Å². The number of halogens is 1. The van der Waals surface area contributed by atoms with Crippen molar-refractivity contribution in [1.82, 2.24) is 15.5 Å². The van der Waals surface area contributed by atoms with Crippen molar-refractivity contribution in [3.8, 4) is 0 Å². The van der Waals surface area contributed by atoms with Gasteiger partial charge in [-0.2, -0.15) is 0 Å². The number of piperidine rings is 1. The summed E-state index contributed by atoms with van der Waals surface area (Å²) in [4.78, 5) is 6.89. The normalized spacial score (nSPS) is 19.8. The third-order valence-corrected chi connectivity index (χ3v) is 5.03. The van der Waals surface area contributed by atoms with E-state index in [9.17, 15) is 0 Å². The molecule has 1 aromatic rings. The van der Waals surface area contributed by atoms with Crippen molar-refractivity contribution in [2.24, 2.45) is 4.99 Å². The van der Waals surface area contributed by atoms with E-state index >= 15 is 0 Å². The van der Waals surface area contributed by atoms with Crippen LogP contribution in [-0.4, -0.2) is 36.5 Å². The number of hydrogen-bond acceptors (Lipinski definition) is 2. The van der Waals surface area contributed by atoms with Crippen LogP contribution in [0.3, 0.4) is 0 Å². The molecule has 1 heterocycles. The van der Waals surface area contributed by atoms with E-state index in [-0.39, 0.29) is 24.0 Å². The van der Waals surface area contributed by atoms with E-state index < -0.39 is 0 Å². The Labute approximate surface area is 170 Å². The van der Waals surface area contributed by atoms with Crippen LogP contribution < -0.4 is 10.6 Å². The highest BCUT2D eigenvalue weighted by atomic mass is 127. The molecular formula is C20H35IN4. The average Bonchev–Trinajstić information content (AvgIpc) is 2.61. The van der Waals surface area contributed by atoms with E-state index in [0.717, 1.165) is 31.5 Å². The summed E-state index contributed by atoms with van der Waals surface area (Å²) in [5.74, 6) is 0.871. The van der Waals surface area contributed by atoms with Gasteiger partial charge in [0.2, 0.25) is 0 Å². The van der Waals surface area contributed by atoms with Gasteiger partial charge in [0.1, 0.15) is 0 Å². The molecule has 1 aromatic carbocycles. The van der Waals surface area contributed by atoms with Crippen LogP contribution >= 0.6 is 24.0 Å². The molecular weight excluding hydrogens is 423 g/mol. The number of likely N-dealkylation sites (tertiary alicyclic amines) is 1. The van der Waals surface area contributed by atoms with Crippen LogP contribution in [-0.2, 0) is 13.1 Å². The summed E-state index contributed by atoms with van der Waals surface area (Å²) in [5.41, 5.74) is 2.70. The fraction of sp³-hybridized carbons (Fsp3) is 0.650. The second kappa shape index (κ2) is 11.7. The smallest absolute Gasteiger partial charge is 0.191 e. The summed E-state index contributed by atoms with van der Waals surface area (Å²) in [5, 5.41) is 6.78. The summed E-state index contributed by atoms with van der Waals surface area (Å²) in [6.07, 6.45) is 5.15. The summed E-state index contributed by atoms with van der Waals surface area (Å²) < 4.78 is 0. The minimum Gasteiger partial charge on any atom is -0.354 e. The molecule has 2 unspecified atom stereocenters. The lowest BCUT2D eigenvalue weighted by Gasteiger charge is -2.33. The lowest BCUT2D eigenvalue weighted by atomic mass is 10.0. The predicted molar refractivity (Wildman–Crippen MR) is 119 cm³/mol. The Morgan fingerprint density at radius 1 is 1.24 bits per heavy atom. The van der Waals surface area contributed by atoms with Gasteiger partial charge in [0, 0.05) is 32.2 Å². The molecule has 0 aromatic heterocycles. The molecule has 1 aliphatic heterocycles. The van der Waals surface area contributed by atoms with Crippen molar-refractivity contribution in [3.05, 3.63) is 35.4 Å². The van der Waals surface area contributed by atoms with Gasteiger partial charge in [-0.05, 0) is 50.8 Å². The van der Waals surface area contributed by atoms with Crippen molar-refractivity contribution in [1.29, 1.82) is 0 Å². The first-order valence-electron chi connectivity index (χ1n) is 9.41. The number of hydrogen-bond donors (Lipinski definition) is 2. The molecule has 5 heteroatoms. The van der Waals surface area contributed by atoms with E-state index in [2.05, 4.69) is 65.6 Å². The molecule has 142 valence electrons. The van der Waals surface area contributed by atoms with Gasteiger partial charge in [-0.3, -0.25) is 9.89 Å². The number of guanidine groups is 1. The van der Waals surface area contributed by atoms with Gasteiger partial charge in [0.25, 0.3) is 0 Å². The number of rotatable bonds is 6. The quantitative estimate of drug-likeness (QED) is 0.383. The molecule has 4 nitrogen and oxygen atoms in total. The lowest BCUT2D eigenvalue weighted by molar-refractivity contribution is 0.152. The maximum Gasteiger partial charge on any atom is 0.191 e. The van der Waals surface area contributed by atoms with Gasteiger partial charge in [-0.1, -0.05) is 37.6 Å². The Morgan fingerprint density at radius 3 is 2.52 bits per heavy atom. The number of aliphatic imine (C=N–C) groups is 1. The van der Waals surface area contributed by atoms with Crippen LogP contribution in [0.25, 0.3) is 0 Å². The molecule has 0 amide bonds. The lowest BCUT2D eigenvalue weighted by Crippen LogP contribution is -2.41. The Bertz CT molecular complexity index is 515. The van der Waals surface area contributed by atoms with E-state index in [1.54, 1.807) is 0 Å². The standard InChI is InChI=1S/C20H34N4.HI/c1-5-16(2)23-20(21-4)22-14-18-9-11-19(12-10-18)15-24-13-7-6-8-17(24)3;/h9-12,16-17H,5-8,13-15H2,1-4H3,(H2,21,22,23);1H. The molecule has 0 spiro atoms. The van der Waals surface area contributed by atoms with Crippen LogP contribution in [0.15, 0.2) is 29.3 Å². The second-order valence-corrected chi connectivity index (χ2v) is 7.01. The zero-order valence-corrected chi connectivity index (χ0v) is 18.5. The maximum atomic E-state index is 4.28. The minimum absolute atomic E-state index is 0. The molecule has 1 aliphatic rings. The first-order chi connectivity index (χ1) is 11.6. The third kappa shape index (κ3) is 7.52. The largest absolute Gasteiger partial charge is 0.354 e. The monoisotopic (exact) mass is 458 g/mol. The number of benzene rings is 1. The average molecular weight is 458 g/mol. The molecule has 1 saturated heterocycles. The molecule has 2 N–H and O–H groups in total. The molecule has 25 heavy (non-hydrogen) atoms. The van der Waals surface area contributed by atoms with Crippen LogP contribution in [0.5, 0.6) is 0 Å². The van der Waals surface area contributed by atoms with Crippen molar-refractivity contribution in [2.75, 3.05) is 13.6 Å². The van der Waals surface area contributed by atoms with Crippen molar-refractivity contribution in [2.45, 2.75) is 71.6 Å². The topological polar surface area (TPSA) is 39.7 Å². The van der Waals surface area contributed by atoms with E-state index in [1.807, 2.05) is 7.05 Å². The third-order valence-electron chi connectivity index (χ3n) is 5.03. The fourth-order valence-corrected chi connectivity index (χ4v) is 3.11. The maximum absolute atomic E-state index is 4.28. The first-order valence-corrected chi connectivity index (χ1v) is 9.41. The molecule has 0 bridgehead atoms. The predicted octanol–water partition coefficient (Wildman–Crippen LogP) is 4.14. The van der Waals surface area contributed by atoms with Crippen LogP contribution in [0, 0.1) is 0 Å². The van der Waals surface area contributed by atoms with Crippen molar-refractivity contribution < 1.29 is 0 Å². The van der Waals surface area contributed by atoms with E-state index in [4.69, 9.17) is 0 Å². The minimum atomic E-state index is 0. The van der Waals surface area contributed by atoms with Crippen molar-refractivity contribution in [3.63, 3.8) is 0 Å². The highest BCUT2D eigenvalue weighted by Gasteiger charge is 2.17. The molecule has 0 saturated carbocycles. The van der Waals surface area contributed by atoms with Gasteiger partial charge in [0.15, 0.2) is 5.96 Å². The first kappa shape index (κ1) is 22.2. The summed E-state index contributed by atoms with van der Waals surface area (Å²) >= 11 is 0. The van der Waals surface area contributed by atoms with Gasteiger partial charge in [-0.15, -0.1) is 24.0 Å².